The molecule has 0 aliphatic heterocycles. The van der Waals surface area contributed by atoms with Gasteiger partial charge in [-0.3, -0.25) is 5.10 Å². The van der Waals surface area contributed by atoms with Crippen molar-refractivity contribution in [2.45, 2.75) is 13.8 Å². The van der Waals surface area contributed by atoms with Crippen LogP contribution < -0.4 is 0 Å². The predicted molar refractivity (Wildman–Crippen MR) is 76.7 cm³/mol. The van der Waals surface area contributed by atoms with E-state index >= 15 is 0 Å². The number of aryl methyl sites for hydroxylation is 2. The van der Waals surface area contributed by atoms with Crippen molar-refractivity contribution in [3.05, 3.63) is 59.7 Å². The number of nitrogens with zero attached hydrogens (tertiary/aromatic N) is 2. The van der Waals surface area contributed by atoms with E-state index in [1.165, 1.54) is 11.1 Å². The number of nitrogens with one attached hydrogen (secondary N) is 1. The first-order chi connectivity index (χ1) is 9.24. The lowest BCUT2D eigenvalue weighted by Crippen LogP contribution is -1.86. The second-order valence-electron chi connectivity index (χ2n) is 4.78. The topological polar surface area (TPSA) is 41.6 Å². The maximum Gasteiger partial charge on any atom is 0.120 e. The minimum Gasteiger partial charge on any atom is -0.257 e. The van der Waals surface area contributed by atoms with Crippen LogP contribution in [0.5, 0.6) is 0 Å². The van der Waals surface area contributed by atoms with Crippen LogP contribution >= 0.6 is 0 Å². The molecule has 0 spiro atoms. The van der Waals surface area contributed by atoms with Crippen LogP contribution in [0.3, 0.4) is 0 Å². The third-order valence-electron chi connectivity index (χ3n) is 3.11. The second kappa shape index (κ2) is 4.69. The Balaban J connectivity index is 2.15. The highest BCUT2D eigenvalue weighted by Gasteiger charge is 2.11. The van der Waals surface area contributed by atoms with Gasteiger partial charge in [0, 0.05) is 11.1 Å². The molecule has 2 aromatic carbocycles. The molecule has 3 aromatic rings. The van der Waals surface area contributed by atoms with Crippen molar-refractivity contribution in [1.29, 1.82) is 0 Å². The molecule has 0 atom stereocenters. The minimum absolute atomic E-state index is 0.894. The van der Waals surface area contributed by atoms with Crippen LogP contribution in [-0.2, 0) is 0 Å². The molecule has 3 rings (SSSR count). The van der Waals surface area contributed by atoms with Gasteiger partial charge in [0.05, 0.1) is 5.69 Å². The summed E-state index contributed by atoms with van der Waals surface area (Å²) in [7, 11) is 0. The van der Waals surface area contributed by atoms with Gasteiger partial charge in [-0.1, -0.05) is 52.7 Å². The van der Waals surface area contributed by atoms with Crippen LogP contribution in [0.25, 0.3) is 22.5 Å². The number of hydrogen-bond donors (Lipinski definition) is 1. The van der Waals surface area contributed by atoms with Gasteiger partial charge in [-0.05, 0) is 26.0 Å². The summed E-state index contributed by atoms with van der Waals surface area (Å²) in [6, 6.07) is 16.6. The molecule has 1 heterocycles. The van der Waals surface area contributed by atoms with Crippen LogP contribution in [0, 0.1) is 13.8 Å². The molecule has 3 nitrogen and oxygen atoms in total. The van der Waals surface area contributed by atoms with Crippen LogP contribution in [0.15, 0.2) is 48.5 Å². The van der Waals surface area contributed by atoms with E-state index in [4.69, 9.17) is 0 Å². The fraction of sp³-hybridized carbons (Fsp3) is 0.125. The Morgan fingerprint density at radius 2 is 1.53 bits per heavy atom. The number of rotatable bonds is 2. The maximum absolute atomic E-state index is 4.22. The normalized spacial score (nSPS) is 10.6. The van der Waals surface area contributed by atoms with Gasteiger partial charge in [0.2, 0.25) is 0 Å². The van der Waals surface area contributed by atoms with E-state index in [2.05, 4.69) is 47.5 Å². The lowest BCUT2D eigenvalue weighted by atomic mass is 10.0. The zero-order valence-corrected chi connectivity index (χ0v) is 11.0. The summed E-state index contributed by atoms with van der Waals surface area (Å²) in [6.07, 6.45) is 0. The Morgan fingerprint density at radius 1 is 0.842 bits per heavy atom. The Morgan fingerprint density at radius 3 is 2.21 bits per heavy atom. The highest BCUT2D eigenvalue weighted by atomic mass is 15.3. The number of aromatic amines is 1. The maximum atomic E-state index is 4.22. The van der Waals surface area contributed by atoms with Crippen molar-refractivity contribution in [3.8, 4) is 22.5 Å². The fourth-order valence-electron chi connectivity index (χ4n) is 2.35. The quantitative estimate of drug-likeness (QED) is 0.751. The first-order valence-electron chi connectivity index (χ1n) is 6.29. The third-order valence-corrected chi connectivity index (χ3v) is 3.11. The average Bonchev–Trinajstić information content (AvgIpc) is 2.88. The van der Waals surface area contributed by atoms with Gasteiger partial charge in [0.25, 0.3) is 0 Å². The van der Waals surface area contributed by atoms with Crippen LogP contribution in [0.2, 0.25) is 0 Å². The van der Waals surface area contributed by atoms with Gasteiger partial charge >= 0.3 is 0 Å². The zero-order valence-electron chi connectivity index (χ0n) is 11.0. The van der Waals surface area contributed by atoms with Gasteiger partial charge in [0.15, 0.2) is 0 Å². The Hall–Kier alpha value is -2.42. The lowest BCUT2D eigenvalue weighted by molar-refractivity contribution is 0.944. The lowest BCUT2D eigenvalue weighted by Gasteiger charge is -2.05. The monoisotopic (exact) mass is 249 g/mol. The summed E-state index contributed by atoms with van der Waals surface area (Å²) in [4.78, 5) is 0. The molecular weight excluding hydrogens is 234 g/mol. The van der Waals surface area contributed by atoms with E-state index in [9.17, 15) is 0 Å². The molecule has 3 heteroatoms. The van der Waals surface area contributed by atoms with Crippen LogP contribution in [0.4, 0.5) is 0 Å². The number of H-pyrrole nitrogens is 1. The molecule has 0 aliphatic carbocycles. The molecule has 0 aliphatic rings. The molecule has 94 valence electrons. The van der Waals surface area contributed by atoms with E-state index in [-0.39, 0.29) is 0 Å². The minimum atomic E-state index is 0.894. The van der Waals surface area contributed by atoms with E-state index < -0.39 is 0 Å². The summed E-state index contributed by atoms with van der Waals surface area (Å²) in [6.45, 7) is 4.20. The molecule has 0 radical (unpaired) electrons. The Labute approximate surface area is 112 Å². The van der Waals surface area contributed by atoms with Gasteiger partial charge < -0.3 is 0 Å². The smallest absolute Gasteiger partial charge is 0.120 e. The summed E-state index contributed by atoms with van der Waals surface area (Å²) < 4.78 is 0. The molecule has 0 fully saturated rings. The van der Waals surface area contributed by atoms with Crippen molar-refractivity contribution in [3.63, 3.8) is 0 Å². The van der Waals surface area contributed by atoms with Gasteiger partial charge in [-0.2, -0.15) is 0 Å². The van der Waals surface area contributed by atoms with E-state index in [0.29, 0.717) is 0 Å². The molecule has 0 unspecified atom stereocenters. The standard InChI is InChI=1S/C16H15N3/c1-11-8-12(2)10-14(9-11)16-15(17-19-18-16)13-6-4-3-5-7-13/h3-10H,1-2H3,(H,17,18,19). The van der Waals surface area contributed by atoms with Crippen LogP contribution in [0.1, 0.15) is 11.1 Å². The molecule has 0 amide bonds. The largest absolute Gasteiger partial charge is 0.257 e. The summed E-state index contributed by atoms with van der Waals surface area (Å²) in [5, 5.41) is 11.2. The molecule has 1 aromatic heterocycles. The van der Waals surface area contributed by atoms with E-state index in [1.54, 1.807) is 0 Å². The Bertz CT molecular complexity index is 679. The predicted octanol–water partition coefficient (Wildman–Crippen LogP) is 3.76. The highest BCUT2D eigenvalue weighted by Crippen LogP contribution is 2.29. The molecular formula is C16H15N3. The zero-order chi connectivity index (χ0) is 13.2. The number of aromatic nitrogens is 3. The van der Waals surface area contributed by atoms with Crippen molar-refractivity contribution < 1.29 is 0 Å². The summed E-state index contributed by atoms with van der Waals surface area (Å²) in [5.41, 5.74) is 6.54. The highest BCUT2D eigenvalue weighted by molar-refractivity contribution is 5.77. The van der Waals surface area contributed by atoms with Crippen molar-refractivity contribution in [1.82, 2.24) is 15.4 Å². The van der Waals surface area contributed by atoms with E-state index in [0.717, 1.165) is 22.5 Å². The average molecular weight is 249 g/mol. The summed E-state index contributed by atoms with van der Waals surface area (Å²) >= 11 is 0. The second-order valence-corrected chi connectivity index (χ2v) is 4.78. The fourth-order valence-corrected chi connectivity index (χ4v) is 2.35. The Kier molecular flexibility index (Phi) is 2.88. The number of hydrogen-bond acceptors (Lipinski definition) is 2. The first-order valence-corrected chi connectivity index (χ1v) is 6.29. The van der Waals surface area contributed by atoms with Gasteiger partial charge in [-0.25, -0.2) is 0 Å². The molecule has 0 saturated carbocycles. The molecule has 19 heavy (non-hydrogen) atoms. The molecule has 0 bridgehead atoms. The summed E-state index contributed by atoms with van der Waals surface area (Å²) in [5.74, 6) is 0. The van der Waals surface area contributed by atoms with Crippen molar-refractivity contribution in [2.24, 2.45) is 0 Å². The first kappa shape index (κ1) is 11.7. The van der Waals surface area contributed by atoms with Gasteiger partial charge in [-0.15, -0.1) is 5.10 Å². The van der Waals surface area contributed by atoms with E-state index in [1.807, 2.05) is 30.3 Å². The van der Waals surface area contributed by atoms with Crippen LogP contribution in [-0.4, -0.2) is 15.4 Å². The van der Waals surface area contributed by atoms with Crippen molar-refractivity contribution in [2.75, 3.05) is 0 Å². The number of benzene rings is 2. The molecule has 0 saturated heterocycles. The SMILES string of the molecule is Cc1cc(C)cc(-c2[nH]nnc2-c2ccccc2)c1. The third kappa shape index (κ3) is 2.27. The molecule has 1 N–H and O–H groups in total. The van der Waals surface area contributed by atoms with Crippen molar-refractivity contribution >= 4 is 0 Å². The van der Waals surface area contributed by atoms with Gasteiger partial charge in [0.1, 0.15) is 5.69 Å².